The minimum atomic E-state index is -1.46. The number of esters is 1. The van der Waals surface area contributed by atoms with Gasteiger partial charge >= 0.3 is 17.9 Å². The minimum absolute atomic E-state index is 0. The van der Waals surface area contributed by atoms with E-state index >= 15 is 0 Å². The third-order valence-electron chi connectivity index (χ3n) is 6.53. The maximum atomic E-state index is 12.5. The highest BCUT2D eigenvalue weighted by atomic mass is 32.1. The lowest BCUT2D eigenvalue weighted by atomic mass is 9.74. The Morgan fingerprint density at radius 3 is 2.47 bits per heavy atom. The van der Waals surface area contributed by atoms with Gasteiger partial charge in [0.2, 0.25) is 5.91 Å². The number of benzene rings is 1. The second kappa shape index (κ2) is 14.0. The lowest BCUT2D eigenvalue weighted by molar-refractivity contribution is -0.143. The Bertz CT molecular complexity index is 979. The van der Waals surface area contributed by atoms with E-state index in [0.717, 1.165) is 50.4 Å². The number of hydrogen-bond acceptors (Lipinski definition) is 6. The molecule has 0 bridgehead atoms. The fourth-order valence-corrected chi connectivity index (χ4v) is 4.52. The maximum Gasteiger partial charge on any atom is 0.336 e. The fraction of sp³-hybridized carbons (Fsp3) is 0.538. The molecule has 0 aromatic heterocycles. The first-order chi connectivity index (χ1) is 16.5. The summed E-state index contributed by atoms with van der Waals surface area (Å²) >= 11 is 0. The normalized spacial score (nSPS) is 19.5. The molecule has 1 aromatic carbocycles. The van der Waals surface area contributed by atoms with Crippen molar-refractivity contribution in [3.63, 3.8) is 0 Å². The smallest absolute Gasteiger partial charge is 0.336 e. The molecule has 1 saturated heterocycles. The first-order valence-corrected chi connectivity index (χ1v) is 11.9. The number of carbonyl (C=O) groups excluding carboxylic acids is 2. The summed E-state index contributed by atoms with van der Waals surface area (Å²) in [6.07, 6.45) is 4.29. The van der Waals surface area contributed by atoms with Gasteiger partial charge in [-0.1, -0.05) is 39.3 Å². The predicted octanol–water partition coefficient (Wildman–Crippen LogP) is 3.09. The van der Waals surface area contributed by atoms with E-state index in [9.17, 15) is 29.4 Å². The summed E-state index contributed by atoms with van der Waals surface area (Å²) in [6.45, 7) is 7.32. The van der Waals surface area contributed by atoms with Crippen molar-refractivity contribution in [1.29, 1.82) is 0 Å². The minimum Gasteiger partial charge on any atom is -0.480 e. The molecule has 1 amide bonds. The molecule has 1 heterocycles. The van der Waals surface area contributed by atoms with Crippen LogP contribution < -0.4 is 10.1 Å². The summed E-state index contributed by atoms with van der Waals surface area (Å²) in [4.78, 5) is 49.9. The van der Waals surface area contributed by atoms with Crippen molar-refractivity contribution in [2.24, 2.45) is 5.92 Å². The van der Waals surface area contributed by atoms with E-state index in [1.54, 1.807) is 19.9 Å². The third kappa shape index (κ3) is 8.67. The highest BCUT2D eigenvalue weighted by Crippen LogP contribution is 2.37. The average Bonchev–Trinajstić information content (AvgIpc) is 2.98. The SMILES string of the molecule is CCC1(c2cccc(OC(=O)/C=C(/CC(=O)N[C@H](C(=O)O)C(C)C)C(=O)O)c2)CCCCN(C)C1.S. The van der Waals surface area contributed by atoms with Gasteiger partial charge in [0.25, 0.3) is 0 Å². The van der Waals surface area contributed by atoms with Crippen LogP contribution in [0.5, 0.6) is 5.75 Å². The Labute approximate surface area is 219 Å². The van der Waals surface area contributed by atoms with Crippen LogP contribution in [0.1, 0.15) is 58.4 Å². The zero-order valence-corrected chi connectivity index (χ0v) is 22.4. The van der Waals surface area contributed by atoms with Crippen LogP contribution in [0.25, 0.3) is 0 Å². The van der Waals surface area contributed by atoms with Gasteiger partial charge in [-0.05, 0) is 56.5 Å². The van der Waals surface area contributed by atoms with Gasteiger partial charge < -0.3 is 25.2 Å². The molecule has 1 unspecified atom stereocenters. The number of likely N-dealkylation sites (tertiary alicyclic amines) is 1. The molecule has 0 saturated carbocycles. The van der Waals surface area contributed by atoms with E-state index < -0.39 is 47.8 Å². The average molecular weight is 523 g/mol. The van der Waals surface area contributed by atoms with Crippen molar-refractivity contribution < 1.29 is 34.1 Å². The molecule has 0 spiro atoms. The maximum absolute atomic E-state index is 12.5. The number of nitrogens with one attached hydrogen (secondary N) is 1. The van der Waals surface area contributed by atoms with Crippen LogP contribution in [-0.2, 0) is 24.6 Å². The lowest BCUT2D eigenvalue weighted by Crippen LogP contribution is -2.44. The summed E-state index contributed by atoms with van der Waals surface area (Å²) in [7, 11) is 2.10. The molecule has 36 heavy (non-hydrogen) atoms. The van der Waals surface area contributed by atoms with E-state index in [1.807, 2.05) is 18.2 Å². The monoisotopic (exact) mass is 522 g/mol. The predicted molar refractivity (Wildman–Crippen MR) is 141 cm³/mol. The van der Waals surface area contributed by atoms with Crippen LogP contribution in [0.2, 0.25) is 0 Å². The second-order valence-electron chi connectivity index (χ2n) is 9.56. The van der Waals surface area contributed by atoms with Crippen molar-refractivity contribution in [3.05, 3.63) is 41.5 Å². The number of ether oxygens (including phenoxy) is 1. The molecule has 1 fully saturated rings. The molecular formula is C26H38N2O7S. The summed E-state index contributed by atoms with van der Waals surface area (Å²) in [5, 5.41) is 20.9. The number of aliphatic carboxylic acids is 2. The zero-order chi connectivity index (χ0) is 26.2. The highest BCUT2D eigenvalue weighted by Gasteiger charge is 2.33. The molecular weight excluding hydrogens is 484 g/mol. The molecule has 1 aromatic rings. The number of hydrogen-bond donors (Lipinski definition) is 3. The molecule has 2 rings (SSSR count). The Balaban J connectivity index is 0.00000648. The van der Waals surface area contributed by atoms with Crippen molar-refractivity contribution in [1.82, 2.24) is 10.2 Å². The fourth-order valence-electron chi connectivity index (χ4n) is 4.52. The van der Waals surface area contributed by atoms with Crippen LogP contribution in [-0.4, -0.2) is 65.1 Å². The van der Waals surface area contributed by atoms with Crippen molar-refractivity contribution in [3.8, 4) is 5.75 Å². The van der Waals surface area contributed by atoms with E-state index in [-0.39, 0.29) is 18.9 Å². The first kappa shape index (κ1) is 31.2. The Hall–Kier alpha value is -2.85. The van der Waals surface area contributed by atoms with Gasteiger partial charge in [-0.15, -0.1) is 0 Å². The van der Waals surface area contributed by atoms with Gasteiger partial charge in [0.15, 0.2) is 0 Å². The third-order valence-corrected chi connectivity index (χ3v) is 6.53. The molecule has 0 radical (unpaired) electrons. The van der Waals surface area contributed by atoms with E-state index in [4.69, 9.17) is 4.74 Å². The first-order valence-electron chi connectivity index (χ1n) is 11.9. The summed E-state index contributed by atoms with van der Waals surface area (Å²) < 4.78 is 5.40. The number of carbonyl (C=O) groups is 4. The summed E-state index contributed by atoms with van der Waals surface area (Å²) in [5.41, 5.74) is 0.506. The molecule has 1 aliphatic rings. The quantitative estimate of drug-likeness (QED) is 0.243. The topological polar surface area (TPSA) is 133 Å². The largest absolute Gasteiger partial charge is 0.480 e. The van der Waals surface area contributed by atoms with Gasteiger partial charge in [-0.3, -0.25) is 4.79 Å². The molecule has 0 aliphatic carbocycles. The molecule has 1 aliphatic heterocycles. The number of likely N-dealkylation sites (N-methyl/N-ethyl adjacent to an activating group) is 1. The van der Waals surface area contributed by atoms with Gasteiger partial charge in [0.05, 0.1) is 12.0 Å². The Kier molecular flexibility index (Phi) is 12.2. The van der Waals surface area contributed by atoms with E-state index in [0.29, 0.717) is 5.75 Å². The highest BCUT2D eigenvalue weighted by molar-refractivity contribution is 7.59. The zero-order valence-electron chi connectivity index (χ0n) is 21.4. The molecule has 10 heteroatoms. The van der Waals surface area contributed by atoms with Gasteiger partial charge in [-0.2, -0.15) is 13.5 Å². The van der Waals surface area contributed by atoms with Crippen molar-refractivity contribution in [2.75, 3.05) is 20.1 Å². The van der Waals surface area contributed by atoms with Crippen LogP contribution in [0, 0.1) is 5.92 Å². The van der Waals surface area contributed by atoms with Gasteiger partial charge in [-0.25, -0.2) is 14.4 Å². The van der Waals surface area contributed by atoms with Gasteiger partial charge in [0.1, 0.15) is 11.8 Å². The van der Waals surface area contributed by atoms with Crippen LogP contribution >= 0.6 is 13.5 Å². The number of nitrogens with zero attached hydrogens (tertiary/aromatic N) is 1. The molecule has 2 atom stereocenters. The van der Waals surface area contributed by atoms with E-state index in [1.165, 1.54) is 0 Å². The van der Waals surface area contributed by atoms with Crippen LogP contribution in [0.4, 0.5) is 0 Å². The number of rotatable bonds is 10. The second-order valence-corrected chi connectivity index (χ2v) is 9.56. The molecule has 200 valence electrons. The van der Waals surface area contributed by atoms with E-state index in [2.05, 4.69) is 24.2 Å². The molecule has 3 N–H and O–H groups in total. The summed E-state index contributed by atoms with van der Waals surface area (Å²) in [5.74, 6) is -4.52. The van der Waals surface area contributed by atoms with Crippen molar-refractivity contribution >= 4 is 37.3 Å². The number of amides is 1. The lowest BCUT2D eigenvalue weighted by Gasteiger charge is -2.35. The standard InChI is InChI=1S/C26H36N2O7.H2S/c1-5-26(11-6-7-12-28(4)16-26)19-9-8-10-20(15-19)35-22(30)14-18(24(31)32)13-21(29)27-23(17(2)3)25(33)34;/h8-10,14-15,17,23H,5-7,11-13,16H2,1-4H3,(H,27,29)(H,31,32)(H,33,34);1H2/b18-14-;/t23-,26?;/m0./s1. The number of carboxylic acids is 2. The molecule has 9 nitrogen and oxygen atoms in total. The van der Waals surface area contributed by atoms with Crippen LogP contribution in [0.3, 0.4) is 0 Å². The Morgan fingerprint density at radius 2 is 1.89 bits per heavy atom. The Morgan fingerprint density at radius 1 is 1.19 bits per heavy atom. The number of carboxylic acid groups (broad SMARTS) is 2. The van der Waals surface area contributed by atoms with Gasteiger partial charge in [0, 0.05) is 18.0 Å². The van der Waals surface area contributed by atoms with Crippen molar-refractivity contribution in [2.45, 2.75) is 64.3 Å². The van der Waals surface area contributed by atoms with Crippen LogP contribution in [0.15, 0.2) is 35.9 Å². The summed E-state index contributed by atoms with van der Waals surface area (Å²) in [6, 6.07) is 6.12.